The number of nitrogens with one attached hydrogen (secondary N) is 1. The Kier molecular flexibility index (Phi) is 5.84. The van der Waals surface area contributed by atoms with Gasteiger partial charge in [-0.15, -0.1) is 0 Å². The van der Waals surface area contributed by atoms with Crippen LogP contribution in [0.15, 0.2) is 71.5 Å². The third-order valence-electron chi connectivity index (χ3n) is 6.50. The molecule has 2 amide bonds. The summed E-state index contributed by atoms with van der Waals surface area (Å²) < 4.78 is 0. The fourth-order valence-electron chi connectivity index (χ4n) is 4.77. The lowest BCUT2D eigenvalue weighted by Gasteiger charge is -2.34. The van der Waals surface area contributed by atoms with E-state index in [2.05, 4.69) is 9.97 Å². The van der Waals surface area contributed by atoms with Gasteiger partial charge in [0.2, 0.25) is 5.91 Å². The topological polar surface area (TPSA) is 86.4 Å². The van der Waals surface area contributed by atoms with Gasteiger partial charge in [-0.3, -0.25) is 14.4 Å². The molecule has 0 bridgehead atoms. The minimum Gasteiger partial charge on any atom is -0.338 e. The van der Waals surface area contributed by atoms with Crippen molar-refractivity contribution in [1.29, 1.82) is 0 Å². The molecule has 1 N–H and O–H groups in total. The maximum atomic E-state index is 13.4. The van der Waals surface area contributed by atoms with E-state index in [1.54, 1.807) is 35.0 Å². The lowest BCUT2D eigenvalue weighted by Crippen LogP contribution is -2.46. The van der Waals surface area contributed by atoms with Gasteiger partial charge in [-0.05, 0) is 41.8 Å². The Balaban J connectivity index is 1.31. The number of aromatic amines is 1. The first-order valence-electron chi connectivity index (χ1n) is 11.5. The van der Waals surface area contributed by atoms with E-state index in [4.69, 9.17) is 0 Å². The Morgan fingerprint density at radius 3 is 2.62 bits per heavy atom. The lowest BCUT2D eigenvalue weighted by atomic mass is 9.95. The summed E-state index contributed by atoms with van der Waals surface area (Å²) in [5, 5.41) is 2.47. The summed E-state index contributed by atoms with van der Waals surface area (Å²) in [5.74, 6) is 0.0626. The predicted octanol–water partition coefficient (Wildman–Crippen LogP) is 3.59. The number of piperidine rings is 1. The highest BCUT2D eigenvalue weighted by molar-refractivity contribution is 6.07. The second-order valence-electron chi connectivity index (χ2n) is 8.84. The van der Waals surface area contributed by atoms with Crippen LogP contribution in [-0.4, -0.2) is 51.7 Å². The van der Waals surface area contributed by atoms with E-state index in [9.17, 15) is 14.4 Å². The smallest absolute Gasteiger partial charge is 0.258 e. The molecule has 0 aliphatic carbocycles. The standard InChI is InChI=1S/C27H26N4O3/c1-30(17-24-28-23-14-5-4-12-22(23)25(32)29-24)26(33)19-10-7-15-31(16-19)27(34)21-13-6-9-18-8-2-3-11-20(18)21/h2-6,8-9,11-14,19H,7,10,15-17H2,1H3,(H,28,29,32). The molecule has 3 aromatic carbocycles. The van der Waals surface area contributed by atoms with E-state index < -0.39 is 0 Å². The molecule has 1 atom stereocenters. The van der Waals surface area contributed by atoms with Gasteiger partial charge in [-0.25, -0.2) is 4.98 Å². The average molecular weight is 455 g/mol. The van der Waals surface area contributed by atoms with Crippen molar-refractivity contribution in [1.82, 2.24) is 19.8 Å². The van der Waals surface area contributed by atoms with Gasteiger partial charge >= 0.3 is 0 Å². The van der Waals surface area contributed by atoms with Crippen LogP contribution in [0, 0.1) is 5.92 Å². The normalized spacial score (nSPS) is 16.0. The Labute approximate surface area is 197 Å². The van der Waals surface area contributed by atoms with Gasteiger partial charge < -0.3 is 14.8 Å². The summed E-state index contributed by atoms with van der Waals surface area (Å²) in [6.07, 6.45) is 1.50. The summed E-state index contributed by atoms with van der Waals surface area (Å²) in [4.78, 5) is 49.6. The van der Waals surface area contributed by atoms with Crippen molar-refractivity contribution in [2.75, 3.05) is 20.1 Å². The molecule has 1 unspecified atom stereocenters. The van der Waals surface area contributed by atoms with E-state index >= 15 is 0 Å². The maximum Gasteiger partial charge on any atom is 0.258 e. The van der Waals surface area contributed by atoms with E-state index in [1.807, 2.05) is 48.5 Å². The zero-order valence-corrected chi connectivity index (χ0v) is 19.0. The molecule has 0 radical (unpaired) electrons. The van der Waals surface area contributed by atoms with Gasteiger partial charge in [0.05, 0.1) is 23.4 Å². The van der Waals surface area contributed by atoms with Crippen molar-refractivity contribution in [3.63, 3.8) is 0 Å². The van der Waals surface area contributed by atoms with Crippen LogP contribution in [0.5, 0.6) is 0 Å². The zero-order valence-electron chi connectivity index (χ0n) is 19.0. The van der Waals surface area contributed by atoms with Crippen molar-refractivity contribution in [2.24, 2.45) is 5.92 Å². The molecule has 1 aliphatic rings. The van der Waals surface area contributed by atoms with Gasteiger partial charge in [0.15, 0.2) is 0 Å². The molecule has 1 fully saturated rings. The van der Waals surface area contributed by atoms with E-state index in [0.29, 0.717) is 35.4 Å². The van der Waals surface area contributed by atoms with Crippen molar-refractivity contribution >= 4 is 33.5 Å². The molecular weight excluding hydrogens is 428 g/mol. The number of aromatic nitrogens is 2. The number of amides is 2. The molecule has 0 saturated carbocycles. The predicted molar refractivity (Wildman–Crippen MR) is 131 cm³/mol. The molecule has 1 saturated heterocycles. The third kappa shape index (κ3) is 4.17. The highest BCUT2D eigenvalue weighted by Gasteiger charge is 2.31. The Hall–Kier alpha value is -4.00. The first kappa shape index (κ1) is 21.8. The Morgan fingerprint density at radius 2 is 1.76 bits per heavy atom. The Morgan fingerprint density at radius 1 is 1.03 bits per heavy atom. The van der Waals surface area contributed by atoms with Gasteiger partial charge in [-0.1, -0.05) is 48.5 Å². The molecule has 5 rings (SSSR count). The monoisotopic (exact) mass is 454 g/mol. The van der Waals surface area contributed by atoms with Gasteiger partial charge in [0.1, 0.15) is 5.82 Å². The number of carbonyl (C=O) groups is 2. The number of hydrogen-bond donors (Lipinski definition) is 1. The van der Waals surface area contributed by atoms with Crippen LogP contribution in [0.25, 0.3) is 21.7 Å². The molecule has 1 aromatic heterocycles. The molecule has 7 nitrogen and oxygen atoms in total. The second-order valence-corrected chi connectivity index (χ2v) is 8.84. The summed E-state index contributed by atoms with van der Waals surface area (Å²) in [6, 6.07) is 20.7. The number of fused-ring (bicyclic) bond motifs is 2. The van der Waals surface area contributed by atoms with Crippen molar-refractivity contribution in [3.05, 3.63) is 88.5 Å². The summed E-state index contributed by atoms with van der Waals surface area (Å²) in [7, 11) is 1.71. The first-order valence-corrected chi connectivity index (χ1v) is 11.5. The van der Waals surface area contributed by atoms with E-state index in [-0.39, 0.29) is 29.8 Å². The van der Waals surface area contributed by atoms with Crippen LogP contribution in [0.3, 0.4) is 0 Å². The van der Waals surface area contributed by atoms with Crippen LogP contribution < -0.4 is 5.56 Å². The molecule has 7 heteroatoms. The summed E-state index contributed by atoms with van der Waals surface area (Å²) in [5.41, 5.74) is 1.05. The van der Waals surface area contributed by atoms with Crippen LogP contribution >= 0.6 is 0 Å². The highest BCUT2D eigenvalue weighted by atomic mass is 16.2. The largest absolute Gasteiger partial charge is 0.338 e. The molecule has 0 spiro atoms. The molecule has 172 valence electrons. The van der Waals surface area contributed by atoms with Crippen LogP contribution in [0.4, 0.5) is 0 Å². The number of hydrogen-bond acceptors (Lipinski definition) is 4. The highest BCUT2D eigenvalue weighted by Crippen LogP contribution is 2.24. The molecular formula is C27H26N4O3. The quantitative estimate of drug-likeness (QED) is 0.511. The number of rotatable bonds is 4. The SMILES string of the molecule is CN(Cc1nc2ccccc2c(=O)[nH]1)C(=O)C1CCCN(C(=O)c2cccc3ccccc23)C1. The maximum absolute atomic E-state index is 13.4. The third-order valence-corrected chi connectivity index (χ3v) is 6.50. The van der Waals surface area contributed by atoms with E-state index in [1.165, 1.54) is 0 Å². The van der Waals surface area contributed by atoms with Gasteiger partial charge in [0, 0.05) is 25.7 Å². The van der Waals surface area contributed by atoms with Gasteiger partial charge in [0.25, 0.3) is 11.5 Å². The van der Waals surface area contributed by atoms with Crippen molar-refractivity contribution in [3.8, 4) is 0 Å². The average Bonchev–Trinajstić information content (AvgIpc) is 2.87. The van der Waals surface area contributed by atoms with Crippen LogP contribution in [0.2, 0.25) is 0 Å². The Bertz CT molecular complexity index is 1440. The zero-order chi connectivity index (χ0) is 23.7. The minimum atomic E-state index is -0.287. The van der Waals surface area contributed by atoms with Crippen molar-refractivity contribution < 1.29 is 9.59 Å². The number of likely N-dealkylation sites (tertiary alicyclic amines) is 1. The van der Waals surface area contributed by atoms with Crippen molar-refractivity contribution in [2.45, 2.75) is 19.4 Å². The van der Waals surface area contributed by atoms with Gasteiger partial charge in [-0.2, -0.15) is 0 Å². The molecule has 34 heavy (non-hydrogen) atoms. The summed E-state index contributed by atoms with van der Waals surface area (Å²) >= 11 is 0. The fraction of sp³-hybridized carbons (Fsp3) is 0.259. The number of carbonyl (C=O) groups excluding carboxylic acids is 2. The number of nitrogens with zero attached hydrogens (tertiary/aromatic N) is 3. The first-order chi connectivity index (χ1) is 16.5. The lowest BCUT2D eigenvalue weighted by molar-refractivity contribution is -0.136. The summed E-state index contributed by atoms with van der Waals surface area (Å²) in [6.45, 7) is 1.22. The van der Waals surface area contributed by atoms with E-state index in [0.717, 1.165) is 23.6 Å². The molecule has 4 aromatic rings. The van der Waals surface area contributed by atoms with Crippen LogP contribution in [-0.2, 0) is 11.3 Å². The minimum absolute atomic E-state index is 0.0440. The molecule has 2 heterocycles. The van der Waals surface area contributed by atoms with Crippen LogP contribution in [0.1, 0.15) is 29.0 Å². The molecule has 1 aliphatic heterocycles. The number of para-hydroxylation sites is 1. The second kappa shape index (κ2) is 9.09. The number of H-pyrrole nitrogens is 1. The number of benzene rings is 3. The fourth-order valence-corrected chi connectivity index (χ4v) is 4.77.